The smallest absolute Gasteiger partial charge is 0.230 e. The van der Waals surface area contributed by atoms with Crippen LogP contribution in [-0.4, -0.2) is 17.4 Å². The lowest BCUT2D eigenvalue weighted by Gasteiger charge is -2.28. The van der Waals surface area contributed by atoms with Crippen LogP contribution in [0.5, 0.6) is 0 Å². The van der Waals surface area contributed by atoms with Gasteiger partial charge in [0.2, 0.25) is 5.91 Å². The first-order valence-electron chi connectivity index (χ1n) is 8.15. The van der Waals surface area contributed by atoms with Crippen molar-refractivity contribution in [2.24, 2.45) is 0 Å². The Morgan fingerprint density at radius 1 is 1.13 bits per heavy atom. The summed E-state index contributed by atoms with van der Waals surface area (Å²) in [6, 6.07) is 13.6. The molecule has 1 aromatic heterocycles. The molecule has 3 rings (SSSR count). The van der Waals surface area contributed by atoms with Gasteiger partial charge >= 0.3 is 0 Å². The van der Waals surface area contributed by atoms with Gasteiger partial charge in [0, 0.05) is 29.9 Å². The van der Waals surface area contributed by atoms with E-state index < -0.39 is 5.41 Å². The number of pyridine rings is 1. The third-order valence-corrected chi connectivity index (χ3v) is 4.93. The van der Waals surface area contributed by atoms with E-state index in [9.17, 15) is 4.79 Å². The summed E-state index contributed by atoms with van der Waals surface area (Å²) in [5.41, 5.74) is 1.68. The zero-order valence-electron chi connectivity index (χ0n) is 13.1. The van der Waals surface area contributed by atoms with Crippen LogP contribution < -0.4 is 5.32 Å². The van der Waals surface area contributed by atoms with Gasteiger partial charge in [0.1, 0.15) is 0 Å². The third kappa shape index (κ3) is 3.56. The fourth-order valence-corrected chi connectivity index (χ4v) is 3.54. The molecular formula is C19H21ClN2O. The van der Waals surface area contributed by atoms with Crippen LogP contribution >= 0.6 is 11.6 Å². The van der Waals surface area contributed by atoms with Gasteiger partial charge in [-0.3, -0.25) is 9.78 Å². The number of carbonyl (C=O) groups excluding carboxylic acids is 1. The number of hydrogen-bond acceptors (Lipinski definition) is 2. The normalized spacial score (nSPS) is 16.2. The minimum Gasteiger partial charge on any atom is -0.355 e. The lowest BCUT2D eigenvalue weighted by atomic mass is 9.78. The molecule has 2 aromatic rings. The molecule has 4 heteroatoms. The maximum Gasteiger partial charge on any atom is 0.230 e. The fourth-order valence-electron chi connectivity index (χ4n) is 3.41. The Morgan fingerprint density at radius 2 is 1.87 bits per heavy atom. The summed E-state index contributed by atoms with van der Waals surface area (Å²) >= 11 is 5.99. The number of aromatic nitrogens is 1. The average molecular weight is 329 g/mol. The molecule has 0 bridgehead atoms. The van der Waals surface area contributed by atoms with Crippen LogP contribution in [-0.2, 0) is 16.6 Å². The zero-order valence-corrected chi connectivity index (χ0v) is 13.9. The first-order chi connectivity index (χ1) is 11.2. The van der Waals surface area contributed by atoms with E-state index in [0.29, 0.717) is 11.6 Å². The van der Waals surface area contributed by atoms with Gasteiger partial charge in [-0.1, -0.05) is 42.6 Å². The summed E-state index contributed by atoms with van der Waals surface area (Å²) < 4.78 is 0. The lowest BCUT2D eigenvalue weighted by molar-refractivity contribution is -0.126. The van der Waals surface area contributed by atoms with E-state index in [4.69, 9.17) is 11.6 Å². The monoisotopic (exact) mass is 328 g/mol. The van der Waals surface area contributed by atoms with Crippen molar-refractivity contribution in [3.05, 3.63) is 64.9 Å². The molecule has 1 aliphatic rings. The minimum absolute atomic E-state index is 0.133. The van der Waals surface area contributed by atoms with Crippen molar-refractivity contribution >= 4 is 17.5 Å². The Hall–Kier alpha value is -1.87. The summed E-state index contributed by atoms with van der Waals surface area (Å²) in [6.07, 6.45) is 6.54. The van der Waals surface area contributed by atoms with Crippen LogP contribution in [0.1, 0.15) is 36.9 Å². The number of benzene rings is 1. The van der Waals surface area contributed by atoms with E-state index in [1.165, 1.54) is 0 Å². The van der Waals surface area contributed by atoms with E-state index >= 15 is 0 Å². The number of carbonyl (C=O) groups is 1. The molecule has 0 aliphatic heterocycles. The molecular weight excluding hydrogens is 308 g/mol. The molecule has 1 amide bonds. The molecule has 0 saturated heterocycles. The summed E-state index contributed by atoms with van der Waals surface area (Å²) in [5, 5.41) is 3.82. The van der Waals surface area contributed by atoms with Crippen LogP contribution in [0.2, 0.25) is 5.02 Å². The van der Waals surface area contributed by atoms with Gasteiger partial charge in [0.25, 0.3) is 0 Å². The Bertz CT molecular complexity index is 649. The largest absolute Gasteiger partial charge is 0.355 e. The quantitative estimate of drug-likeness (QED) is 0.904. The van der Waals surface area contributed by atoms with Crippen molar-refractivity contribution in [2.45, 2.75) is 37.5 Å². The molecule has 3 nitrogen and oxygen atoms in total. The van der Waals surface area contributed by atoms with E-state index in [2.05, 4.69) is 10.3 Å². The standard InChI is InChI=1S/C19H21ClN2O/c20-16-8-6-15(7-9-16)19(11-2-3-12-19)18(23)22-14-10-17-5-1-4-13-21-17/h1,4-9,13H,2-3,10-12,14H2,(H,22,23). The Morgan fingerprint density at radius 3 is 2.52 bits per heavy atom. The average Bonchev–Trinajstić information content (AvgIpc) is 3.07. The first-order valence-corrected chi connectivity index (χ1v) is 8.53. The number of nitrogens with zero attached hydrogens (tertiary/aromatic N) is 1. The zero-order chi connectivity index (χ0) is 16.1. The van der Waals surface area contributed by atoms with Gasteiger partial charge in [-0.15, -0.1) is 0 Å². The second kappa shape index (κ2) is 7.14. The van der Waals surface area contributed by atoms with Crippen molar-refractivity contribution < 1.29 is 4.79 Å². The van der Waals surface area contributed by atoms with E-state index in [1.807, 2.05) is 42.5 Å². The highest BCUT2D eigenvalue weighted by atomic mass is 35.5. The van der Waals surface area contributed by atoms with E-state index in [1.54, 1.807) is 6.20 Å². The molecule has 23 heavy (non-hydrogen) atoms. The van der Waals surface area contributed by atoms with Gasteiger partial charge in [0.15, 0.2) is 0 Å². The number of hydrogen-bond donors (Lipinski definition) is 1. The van der Waals surface area contributed by atoms with Gasteiger partial charge < -0.3 is 5.32 Å². The highest BCUT2D eigenvalue weighted by Crippen LogP contribution is 2.41. The van der Waals surface area contributed by atoms with Crippen LogP contribution in [0.25, 0.3) is 0 Å². The summed E-state index contributed by atoms with van der Waals surface area (Å²) in [4.78, 5) is 17.2. The highest BCUT2D eigenvalue weighted by Gasteiger charge is 2.42. The Kier molecular flexibility index (Phi) is 4.97. The molecule has 120 valence electrons. The predicted molar refractivity (Wildman–Crippen MR) is 92.5 cm³/mol. The SMILES string of the molecule is O=C(NCCc1ccccn1)C1(c2ccc(Cl)cc2)CCCC1. The number of halogens is 1. The van der Waals surface area contributed by atoms with Gasteiger partial charge in [0.05, 0.1) is 5.41 Å². The van der Waals surface area contributed by atoms with Crippen molar-refractivity contribution in [3.8, 4) is 0 Å². The minimum atomic E-state index is -0.394. The number of nitrogens with one attached hydrogen (secondary N) is 1. The Balaban J connectivity index is 1.68. The second-order valence-electron chi connectivity index (χ2n) is 6.12. The molecule has 1 heterocycles. The number of rotatable bonds is 5. The van der Waals surface area contributed by atoms with Crippen LogP contribution in [0.3, 0.4) is 0 Å². The molecule has 0 unspecified atom stereocenters. The third-order valence-electron chi connectivity index (χ3n) is 4.68. The van der Waals surface area contributed by atoms with Crippen molar-refractivity contribution in [2.75, 3.05) is 6.54 Å². The van der Waals surface area contributed by atoms with Crippen molar-refractivity contribution in [1.29, 1.82) is 0 Å². The predicted octanol–water partition coefficient (Wildman–Crippen LogP) is 3.91. The maximum atomic E-state index is 12.9. The summed E-state index contributed by atoms with van der Waals surface area (Å²) in [6.45, 7) is 0.616. The van der Waals surface area contributed by atoms with Gasteiger partial charge in [-0.05, 0) is 42.7 Å². The van der Waals surface area contributed by atoms with Gasteiger partial charge in [-0.2, -0.15) is 0 Å². The van der Waals surface area contributed by atoms with Crippen molar-refractivity contribution in [1.82, 2.24) is 10.3 Å². The van der Waals surface area contributed by atoms with Gasteiger partial charge in [-0.25, -0.2) is 0 Å². The molecule has 1 N–H and O–H groups in total. The first kappa shape index (κ1) is 16.0. The lowest BCUT2D eigenvalue weighted by Crippen LogP contribution is -2.43. The molecule has 1 fully saturated rings. The van der Waals surface area contributed by atoms with E-state index in [-0.39, 0.29) is 5.91 Å². The second-order valence-corrected chi connectivity index (χ2v) is 6.56. The topological polar surface area (TPSA) is 42.0 Å². The molecule has 0 radical (unpaired) electrons. The summed E-state index contributed by atoms with van der Waals surface area (Å²) in [7, 11) is 0. The fraction of sp³-hybridized carbons (Fsp3) is 0.368. The van der Waals surface area contributed by atoms with Crippen LogP contribution in [0.15, 0.2) is 48.7 Å². The van der Waals surface area contributed by atoms with Crippen LogP contribution in [0.4, 0.5) is 0 Å². The highest BCUT2D eigenvalue weighted by molar-refractivity contribution is 6.30. The van der Waals surface area contributed by atoms with Crippen LogP contribution in [0, 0.1) is 0 Å². The molecule has 1 saturated carbocycles. The Labute approximate surface area is 142 Å². The summed E-state index contributed by atoms with van der Waals surface area (Å²) in [5.74, 6) is 0.133. The molecule has 0 atom stereocenters. The number of amides is 1. The van der Waals surface area contributed by atoms with E-state index in [0.717, 1.165) is 43.4 Å². The maximum absolute atomic E-state index is 12.9. The van der Waals surface area contributed by atoms with Crippen molar-refractivity contribution in [3.63, 3.8) is 0 Å². The molecule has 0 spiro atoms. The molecule has 1 aromatic carbocycles. The molecule has 1 aliphatic carbocycles.